The van der Waals surface area contributed by atoms with E-state index in [1.165, 1.54) is 0 Å². The third-order valence-corrected chi connectivity index (χ3v) is 2.83. The molecular formula is C12H18N2O3. The molecule has 2 rings (SSSR count). The highest BCUT2D eigenvalue weighted by Gasteiger charge is 2.26. The molecule has 0 radical (unpaired) electrons. The largest absolute Gasteiger partial charge is 0.493 e. The van der Waals surface area contributed by atoms with Crippen LogP contribution in [-0.2, 0) is 11.4 Å². The van der Waals surface area contributed by atoms with Crippen LogP contribution in [0.15, 0.2) is 18.2 Å². The molecule has 1 heterocycles. The van der Waals surface area contributed by atoms with Crippen molar-refractivity contribution < 1.29 is 14.3 Å². The molecule has 1 aliphatic heterocycles. The average molecular weight is 238 g/mol. The minimum absolute atomic E-state index is 0.216. The second-order valence-corrected chi connectivity index (χ2v) is 4.22. The molecule has 94 valence electrons. The van der Waals surface area contributed by atoms with Gasteiger partial charge in [0.25, 0.3) is 0 Å². The van der Waals surface area contributed by atoms with Crippen LogP contribution in [0.2, 0.25) is 0 Å². The van der Waals surface area contributed by atoms with Gasteiger partial charge in [-0.2, -0.15) is 0 Å². The Bertz CT molecular complexity index is 378. The van der Waals surface area contributed by atoms with Crippen molar-refractivity contribution in [2.45, 2.75) is 12.7 Å². The van der Waals surface area contributed by atoms with E-state index in [1.807, 2.05) is 18.2 Å². The lowest BCUT2D eigenvalue weighted by molar-refractivity contribution is 0.0338. The van der Waals surface area contributed by atoms with E-state index in [-0.39, 0.29) is 6.10 Å². The molecular weight excluding hydrogens is 220 g/mol. The molecule has 2 N–H and O–H groups in total. The van der Waals surface area contributed by atoms with E-state index in [0.717, 1.165) is 24.4 Å². The number of ether oxygens (including phenoxy) is 2. The Labute approximate surface area is 101 Å². The molecule has 17 heavy (non-hydrogen) atoms. The molecule has 1 aromatic carbocycles. The van der Waals surface area contributed by atoms with Crippen LogP contribution in [0.5, 0.6) is 11.5 Å². The van der Waals surface area contributed by atoms with Gasteiger partial charge in [0.15, 0.2) is 11.5 Å². The van der Waals surface area contributed by atoms with E-state index in [4.69, 9.17) is 15.4 Å². The molecule has 0 unspecified atom stereocenters. The topological polar surface area (TPSA) is 57.0 Å². The second kappa shape index (κ2) is 5.35. The summed E-state index contributed by atoms with van der Waals surface area (Å²) in [5.74, 6) is 6.57. The summed E-state index contributed by atoms with van der Waals surface area (Å²) in [5.41, 5.74) is 0.904. The number of nitrogens with two attached hydrogens (primary N) is 1. The van der Waals surface area contributed by atoms with Crippen LogP contribution in [0.25, 0.3) is 0 Å². The van der Waals surface area contributed by atoms with Gasteiger partial charge >= 0.3 is 0 Å². The highest BCUT2D eigenvalue weighted by molar-refractivity contribution is 5.46. The lowest BCUT2D eigenvalue weighted by Crippen LogP contribution is -2.51. The van der Waals surface area contributed by atoms with Crippen LogP contribution < -0.4 is 15.4 Å². The fourth-order valence-corrected chi connectivity index (χ4v) is 1.94. The number of methoxy groups -OCH3 is 1. The van der Waals surface area contributed by atoms with Crippen molar-refractivity contribution in [2.24, 2.45) is 5.90 Å². The zero-order valence-corrected chi connectivity index (χ0v) is 10.2. The van der Waals surface area contributed by atoms with Gasteiger partial charge < -0.3 is 9.47 Å². The molecule has 0 spiro atoms. The number of likely N-dealkylation sites (N-methyl/N-ethyl adjacent to an activating group) is 1. The minimum Gasteiger partial charge on any atom is -0.493 e. The predicted molar refractivity (Wildman–Crippen MR) is 63.9 cm³/mol. The molecule has 0 saturated carbocycles. The van der Waals surface area contributed by atoms with Gasteiger partial charge in [-0.1, -0.05) is 12.1 Å². The lowest BCUT2D eigenvalue weighted by Gasteiger charge is -2.36. The zero-order chi connectivity index (χ0) is 12.3. The van der Waals surface area contributed by atoms with Crippen molar-refractivity contribution in [1.82, 2.24) is 4.90 Å². The summed E-state index contributed by atoms with van der Waals surface area (Å²) in [6, 6.07) is 5.69. The van der Waals surface area contributed by atoms with E-state index in [9.17, 15) is 0 Å². The molecule has 1 saturated heterocycles. The number of rotatable bonds is 5. The predicted octanol–water partition coefficient (Wildman–Crippen LogP) is 0.778. The Morgan fingerprint density at radius 3 is 2.76 bits per heavy atom. The smallest absolute Gasteiger partial charge is 0.167 e. The van der Waals surface area contributed by atoms with Crippen LogP contribution in [0.3, 0.4) is 0 Å². The van der Waals surface area contributed by atoms with Gasteiger partial charge in [0, 0.05) is 18.7 Å². The number of nitrogens with zero attached hydrogens (tertiary/aromatic N) is 1. The second-order valence-electron chi connectivity index (χ2n) is 4.22. The molecule has 5 heteroatoms. The molecule has 0 aliphatic carbocycles. The van der Waals surface area contributed by atoms with Crippen molar-refractivity contribution in [1.29, 1.82) is 0 Å². The van der Waals surface area contributed by atoms with Crippen LogP contribution in [0.1, 0.15) is 5.56 Å². The molecule has 0 aromatic heterocycles. The fourth-order valence-electron chi connectivity index (χ4n) is 1.94. The van der Waals surface area contributed by atoms with Crippen molar-refractivity contribution in [3.63, 3.8) is 0 Å². The number of hydrogen-bond acceptors (Lipinski definition) is 5. The maximum atomic E-state index is 5.92. The monoisotopic (exact) mass is 238 g/mol. The molecule has 1 fully saturated rings. The van der Waals surface area contributed by atoms with E-state index in [2.05, 4.69) is 16.8 Å². The van der Waals surface area contributed by atoms with E-state index >= 15 is 0 Å². The van der Waals surface area contributed by atoms with Gasteiger partial charge in [0.05, 0.1) is 13.7 Å². The van der Waals surface area contributed by atoms with Gasteiger partial charge in [-0.3, -0.25) is 9.74 Å². The lowest BCUT2D eigenvalue weighted by atomic mass is 10.1. The molecule has 0 atom stereocenters. The first-order valence-corrected chi connectivity index (χ1v) is 5.57. The fraction of sp³-hybridized carbons (Fsp3) is 0.500. The molecule has 0 bridgehead atoms. The number of para-hydroxylation sites is 1. The van der Waals surface area contributed by atoms with Crippen LogP contribution in [-0.4, -0.2) is 38.3 Å². The summed E-state index contributed by atoms with van der Waals surface area (Å²) >= 11 is 0. The van der Waals surface area contributed by atoms with Crippen LogP contribution in [0, 0.1) is 0 Å². The highest BCUT2D eigenvalue weighted by atomic mass is 16.6. The summed E-state index contributed by atoms with van der Waals surface area (Å²) in [4.78, 5) is 6.87. The van der Waals surface area contributed by atoms with Crippen LogP contribution >= 0.6 is 0 Å². The molecule has 0 amide bonds. The Morgan fingerprint density at radius 2 is 2.18 bits per heavy atom. The number of likely N-dealkylation sites (tertiary alicyclic amines) is 1. The van der Waals surface area contributed by atoms with Gasteiger partial charge in [-0.15, -0.1) is 0 Å². The van der Waals surface area contributed by atoms with Crippen molar-refractivity contribution in [3.8, 4) is 11.5 Å². The first-order chi connectivity index (χ1) is 8.24. The third kappa shape index (κ3) is 2.69. The first-order valence-electron chi connectivity index (χ1n) is 5.57. The Balaban J connectivity index is 2.16. The van der Waals surface area contributed by atoms with Gasteiger partial charge in [0.1, 0.15) is 6.10 Å². The average Bonchev–Trinajstić information content (AvgIpc) is 2.29. The van der Waals surface area contributed by atoms with Crippen molar-refractivity contribution in [2.75, 3.05) is 27.2 Å². The molecule has 1 aromatic rings. The third-order valence-electron chi connectivity index (χ3n) is 2.83. The maximum Gasteiger partial charge on any atom is 0.167 e. The zero-order valence-electron chi connectivity index (χ0n) is 10.2. The Hall–Kier alpha value is -1.30. The normalized spacial score (nSPS) is 16.6. The van der Waals surface area contributed by atoms with E-state index in [1.54, 1.807) is 7.11 Å². The number of hydrogen-bond donors (Lipinski definition) is 1. The van der Waals surface area contributed by atoms with E-state index in [0.29, 0.717) is 12.4 Å². The quantitative estimate of drug-likeness (QED) is 0.768. The summed E-state index contributed by atoms with van der Waals surface area (Å²) < 4.78 is 11.2. The maximum absolute atomic E-state index is 5.92. The highest BCUT2D eigenvalue weighted by Crippen LogP contribution is 2.33. The molecule has 1 aliphatic rings. The SMILES string of the molecule is COc1cccc(CON)c1OC1CN(C)C1. The van der Waals surface area contributed by atoms with Gasteiger partial charge in [-0.25, -0.2) is 5.90 Å². The van der Waals surface area contributed by atoms with Crippen molar-refractivity contribution >= 4 is 0 Å². The van der Waals surface area contributed by atoms with E-state index < -0.39 is 0 Å². The summed E-state index contributed by atoms with van der Waals surface area (Å²) in [7, 11) is 3.69. The van der Waals surface area contributed by atoms with Crippen LogP contribution in [0.4, 0.5) is 0 Å². The summed E-state index contributed by atoms with van der Waals surface area (Å²) in [5, 5.41) is 0. The summed E-state index contributed by atoms with van der Waals surface area (Å²) in [6.07, 6.45) is 0.216. The first kappa shape index (κ1) is 12.2. The minimum atomic E-state index is 0.216. The Morgan fingerprint density at radius 1 is 1.41 bits per heavy atom. The van der Waals surface area contributed by atoms with Gasteiger partial charge in [-0.05, 0) is 13.1 Å². The molecule has 5 nitrogen and oxygen atoms in total. The van der Waals surface area contributed by atoms with Crippen molar-refractivity contribution in [3.05, 3.63) is 23.8 Å². The van der Waals surface area contributed by atoms with Gasteiger partial charge in [0.2, 0.25) is 0 Å². The Kier molecular flexibility index (Phi) is 3.83. The summed E-state index contributed by atoms with van der Waals surface area (Å²) in [6.45, 7) is 2.18. The number of benzene rings is 1. The standard InChI is InChI=1S/C12H18N2O3/c1-14-6-10(7-14)17-12-9(8-16-13)4-3-5-11(12)15-2/h3-5,10H,6-8,13H2,1-2H3.